The first-order valence-electron chi connectivity index (χ1n) is 24.4. The highest BCUT2D eigenvalue weighted by molar-refractivity contribution is 6.30. The standard InChI is InChI=1S/C56H52ClN5O7/c1-32-42(43-30-38(68-2)16-18-47(43)62(32)55(65)33-11-14-37(57)15-12-33)31-48(63)58-23-25-61(26-24-58)54(64)36-13-17-39(56(66)67)44(29-36)49-45-27-34-7-3-19-59-21-5-9-40(50(34)59)52(45)69-53-41-10-6-22-60-20-4-8-35(51(41)60)28-46(49)53/h11-18,27-30H,3-10,19-26,31H2,1-2H3. The fourth-order valence-corrected chi connectivity index (χ4v) is 12.4. The number of halogens is 1. The molecule has 350 valence electrons. The van der Waals surface area contributed by atoms with Gasteiger partial charge < -0.3 is 34.1 Å². The lowest BCUT2D eigenvalue weighted by molar-refractivity contribution is -0.255. The first-order valence-corrected chi connectivity index (χ1v) is 24.8. The van der Waals surface area contributed by atoms with E-state index in [0.29, 0.717) is 64.9 Å². The second-order valence-corrected chi connectivity index (χ2v) is 19.8. The van der Waals surface area contributed by atoms with Gasteiger partial charge in [-0.05, 0) is 129 Å². The summed E-state index contributed by atoms with van der Waals surface area (Å²) in [5.74, 6) is 0.333. The minimum Gasteiger partial charge on any atom is -0.545 e. The molecule has 1 saturated heterocycles. The number of carbonyl (C=O) groups is 4. The van der Waals surface area contributed by atoms with Crippen LogP contribution >= 0.6 is 11.6 Å². The number of benzene rings is 5. The molecular formula is C56H52ClN5O7. The average molecular weight is 943 g/mol. The Morgan fingerprint density at radius 1 is 0.725 bits per heavy atom. The number of hydrogen-bond donors (Lipinski definition) is 0. The van der Waals surface area contributed by atoms with Gasteiger partial charge in [0.1, 0.15) is 30.3 Å². The normalized spacial score (nSPS) is 16.9. The number of rotatable bonds is 7. The summed E-state index contributed by atoms with van der Waals surface area (Å²) in [6.45, 7) is 7.09. The van der Waals surface area contributed by atoms with Crippen molar-refractivity contribution < 1.29 is 33.8 Å². The zero-order valence-corrected chi connectivity index (χ0v) is 39.7. The lowest BCUT2D eigenvalue weighted by Gasteiger charge is -2.39. The maximum absolute atomic E-state index is 14.7. The second kappa shape index (κ2) is 16.9. The van der Waals surface area contributed by atoms with Gasteiger partial charge in [-0.1, -0.05) is 17.7 Å². The molecule has 0 unspecified atom stereocenters. The van der Waals surface area contributed by atoms with Gasteiger partial charge in [-0.2, -0.15) is 0 Å². The largest absolute Gasteiger partial charge is 0.545 e. The lowest BCUT2D eigenvalue weighted by atomic mass is 9.81. The van der Waals surface area contributed by atoms with E-state index >= 15 is 0 Å². The molecule has 6 aliphatic heterocycles. The molecule has 1 fully saturated rings. The van der Waals surface area contributed by atoms with E-state index < -0.39 is 5.97 Å². The van der Waals surface area contributed by atoms with Crippen LogP contribution in [0, 0.1) is 6.92 Å². The van der Waals surface area contributed by atoms with E-state index in [1.54, 1.807) is 63.9 Å². The van der Waals surface area contributed by atoms with Crippen LogP contribution in [-0.2, 0) is 36.9 Å². The monoisotopic (exact) mass is 941 g/mol. The van der Waals surface area contributed by atoms with Crippen molar-refractivity contribution in [2.45, 2.75) is 64.7 Å². The number of anilines is 1. The van der Waals surface area contributed by atoms with Gasteiger partial charge in [-0.3, -0.25) is 19.0 Å². The SMILES string of the molecule is COc1ccc2c(c1)c(CC(=O)N1CCN(C(=O)c3ccc(C(=O)[O-])c(C4=c5cc6c7c(c5Oc5c4cc4c8c5CCCN8CCC4)CCC[N+]=7CCC6)c3)CC1)c(C)n2C(=O)c1ccc(Cl)cc1. The van der Waals surface area contributed by atoms with Crippen molar-refractivity contribution in [3.05, 3.63) is 150 Å². The fraction of sp³-hybridized carbons (Fsp3) is 0.339. The van der Waals surface area contributed by atoms with Gasteiger partial charge in [0.25, 0.3) is 11.8 Å². The van der Waals surface area contributed by atoms with E-state index in [2.05, 4.69) is 21.6 Å². The third kappa shape index (κ3) is 7.12. The highest BCUT2D eigenvalue weighted by atomic mass is 35.5. The Morgan fingerprint density at radius 3 is 2.20 bits per heavy atom. The molecule has 0 radical (unpaired) electrons. The third-order valence-electron chi connectivity index (χ3n) is 15.5. The van der Waals surface area contributed by atoms with E-state index in [1.165, 1.54) is 39.4 Å². The summed E-state index contributed by atoms with van der Waals surface area (Å²) >= 11 is 6.14. The highest BCUT2D eigenvalue weighted by Crippen LogP contribution is 2.49. The molecule has 12 nitrogen and oxygen atoms in total. The van der Waals surface area contributed by atoms with Crippen molar-refractivity contribution in [1.82, 2.24) is 18.9 Å². The van der Waals surface area contributed by atoms with Gasteiger partial charge in [0.15, 0.2) is 0 Å². The number of carboxylic acid groups (broad SMARTS) is 1. The minimum atomic E-state index is -1.31. The predicted molar refractivity (Wildman–Crippen MR) is 262 cm³/mol. The van der Waals surface area contributed by atoms with Crippen molar-refractivity contribution in [3.63, 3.8) is 0 Å². The van der Waals surface area contributed by atoms with Crippen molar-refractivity contribution in [1.29, 1.82) is 0 Å². The fourth-order valence-electron chi connectivity index (χ4n) is 12.3. The van der Waals surface area contributed by atoms with Crippen molar-refractivity contribution in [3.8, 4) is 17.2 Å². The molecule has 0 spiro atoms. The molecule has 7 heterocycles. The number of amides is 2. The molecule has 69 heavy (non-hydrogen) atoms. The zero-order valence-electron chi connectivity index (χ0n) is 38.9. The Labute approximate surface area is 404 Å². The van der Waals surface area contributed by atoms with Crippen LogP contribution in [0.1, 0.15) is 101 Å². The molecule has 0 atom stereocenters. The van der Waals surface area contributed by atoms with Gasteiger partial charge in [0.05, 0.1) is 30.6 Å². The highest BCUT2D eigenvalue weighted by Gasteiger charge is 2.37. The number of fused-ring (bicyclic) bond motifs is 5. The number of piperazine rings is 1. The lowest BCUT2D eigenvalue weighted by Crippen LogP contribution is -2.51. The average Bonchev–Trinajstić information content (AvgIpc) is 3.64. The summed E-state index contributed by atoms with van der Waals surface area (Å²) in [5.41, 5.74) is 11.2. The van der Waals surface area contributed by atoms with Gasteiger partial charge in [-0.15, -0.1) is 0 Å². The minimum absolute atomic E-state index is 0.0286. The van der Waals surface area contributed by atoms with Crippen LogP contribution in [0.4, 0.5) is 5.69 Å². The van der Waals surface area contributed by atoms with Crippen LogP contribution in [0.3, 0.4) is 0 Å². The maximum Gasteiger partial charge on any atom is 0.262 e. The van der Waals surface area contributed by atoms with Crippen LogP contribution < -0.4 is 34.6 Å². The summed E-state index contributed by atoms with van der Waals surface area (Å²) in [6.07, 6.45) is 7.77. The van der Waals surface area contributed by atoms with Gasteiger partial charge in [0.2, 0.25) is 11.3 Å². The summed E-state index contributed by atoms with van der Waals surface area (Å²) < 4.78 is 16.9. The number of methoxy groups -OCH3 is 1. The molecule has 2 amide bonds. The Kier molecular flexibility index (Phi) is 10.6. The van der Waals surface area contributed by atoms with E-state index in [-0.39, 0.29) is 29.7 Å². The molecule has 6 aromatic rings. The number of carbonyl (C=O) groups excluding carboxylic acids is 4. The van der Waals surface area contributed by atoms with Crippen LogP contribution in [0.5, 0.6) is 17.2 Å². The number of hydrogen-bond acceptors (Lipinski definition) is 8. The van der Waals surface area contributed by atoms with Crippen molar-refractivity contribution in [2.24, 2.45) is 0 Å². The van der Waals surface area contributed by atoms with Gasteiger partial charge >= 0.3 is 0 Å². The van der Waals surface area contributed by atoms with E-state index in [1.807, 2.05) is 19.1 Å². The number of nitrogens with zero attached hydrogens (tertiary/aromatic N) is 5. The first-order chi connectivity index (χ1) is 33.6. The number of aromatic carboxylic acids is 1. The molecule has 5 aromatic carbocycles. The molecular weight excluding hydrogens is 890 g/mol. The Balaban J connectivity index is 0.880. The van der Waals surface area contributed by atoms with Crippen LogP contribution in [0.2, 0.25) is 5.02 Å². The number of ether oxygens (including phenoxy) is 2. The van der Waals surface area contributed by atoms with Gasteiger partial charge in [0, 0.05) is 118 Å². The molecule has 1 aromatic heterocycles. The Morgan fingerprint density at radius 2 is 1.43 bits per heavy atom. The summed E-state index contributed by atoms with van der Waals surface area (Å²) in [5, 5.41) is 16.7. The third-order valence-corrected chi connectivity index (χ3v) is 15.8. The topological polar surface area (TPSA) is 127 Å². The van der Waals surface area contributed by atoms with E-state index in [0.717, 1.165) is 116 Å². The van der Waals surface area contributed by atoms with E-state index in [4.69, 9.17) is 21.1 Å². The van der Waals surface area contributed by atoms with Crippen LogP contribution in [-0.4, -0.2) is 97.5 Å². The Hall–Kier alpha value is -6.92. The maximum atomic E-state index is 14.7. The molecule has 0 aliphatic carbocycles. The van der Waals surface area contributed by atoms with Crippen LogP contribution in [0.25, 0.3) is 16.5 Å². The number of aryl methyl sites for hydroxylation is 2. The Bertz CT molecular complexity index is 3360. The predicted octanol–water partition coefficient (Wildman–Crippen LogP) is 5.63. The van der Waals surface area contributed by atoms with Gasteiger partial charge in [-0.25, -0.2) is 4.58 Å². The molecule has 0 N–H and O–H groups in total. The molecule has 13 heteroatoms. The van der Waals surface area contributed by atoms with Crippen molar-refractivity contribution >= 4 is 57.5 Å². The van der Waals surface area contributed by atoms with Crippen molar-refractivity contribution in [2.75, 3.05) is 64.4 Å². The quantitative estimate of drug-likeness (QED) is 0.189. The van der Waals surface area contributed by atoms with Crippen LogP contribution in [0.15, 0.2) is 72.8 Å². The number of aromatic nitrogens is 1. The number of carboxylic acids is 1. The molecule has 6 aliphatic rings. The molecule has 12 rings (SSSR count). The van der Waals surface area contributed by atoms with E-state index in [9.17, 15) is 24.3 Å². The summed E-state index contributed by atoms with van der Waals surface area (Å²) in [4.78, 5) is 62.0. The summed E-state index contributed by atoms with van der Waals surface area (Å²) in [7, 11) is 1.58. The smallest absolute Gasteiger partial charge is 0.262 e. The summed E-state index contributed by atoms with van der Waals surface area (Å²) in [6, 6.07) is 21.6. The molecule has 0 bridgehead atoms. The second-order valence-electron chi connectivity index (χ2n) is 19.3. The molecule has 0 saturated carbocycles. The zero-order chi connectivity index (χ0) is 47.2. The first kappa shape index (κ1) is 43.4.